The highest BCUT2D eigenvalue weighted by Crippen LogP contribution is 2.21. The summed E-state index contributed by atoms with van der Waals surface area (Å²) in [5.41, 5.74) is 0.925. The van der Waals surface area contributed by atoms with Gasteiger partial charge in [0.15, 0.2) is 0 Å². The van der Waals surface area contributed by atoms with Crippen molar-refractivity contribution in [1.29, 1.82) is 0 Å². The summed E-state index contributed by atoms with van der Waals surface area (Å²) < 4.78 is 26.6. The van der Waals surface area contributed by atoms with Crippen LogP contribution in [0.2, 0.25) is 0 Å². The average Bonchev–Trinajstić information content (AvgIpc) is 2.49. The zero-order valence-electron chi connectivity index (χ0n) is 12.6. The van der Waals surface area contributed by atoms with E-state index in [4.69, 9.17) is 11.6 Å². The first-order chi connectivity index (χ1) is 9.93. The topological polar surface area (TPSA) is 40.6 Å². The highest BCUT2D eigenvalue weighted by atomic mass is 35.5. The van der Waals surface area contributed by atoms with Gasteiger partial charge in [-0.15, -0.1) is 11.6 Å². The summed E-state index contributed by atoms with van der Waals surface area (Å²) in [7, 11) is 0.376. The number of halogens is 1. The van der Waals surface area contributed by atoms with Crippen LogP contribution in [0.5, 0.6) is 0 Å². The number of piperidine rings is 1. The van der Waals surface area contributed by atoms with Gasteiger partial charge in [0, 0.05) is 19.5 Å². The summed E-state index contributed by atoms with van der Waals surface area (Å²) in [4.78, 5) is 2.63. The van der Waals surface area contributed by atoms with E-state index in [1.807, 2.05) is 0 Å². The van der Waals surface area contributed by atoms with Crippen LogP contribution in [-0.2, 0) is 15.9 Å². The molecular formula is C15H23ClN2O2S. The van der Waals surface area contributed by atoms with E-state index in [0.29, 0.717) is 23.2 Å². The molecule has 0 atom stereocenters. The first-order valence-electron chi connectivity index (χ1n) is 7.23. The monoisotopic (exact) mass is 330 g/mol. The first kappa shape index (κ1) is 16.7. The maximum absolute atomic E-state index is 12.6. The fourth-order valence-corrected chi connectivity index (χ4v) is 4.06. The second kappa shape index (κ2) is 7.09. The molecule has 0 bridgehead atoms. The highest BCUT2D eigenvalue weighted by Gasteiger charge is 2.25. The Bertz CT molecular complexity index is 552. The number of rotatable bonds is 5. The van der Waals surface area contributed by atoms with Gasteiger partial charge in [0.05, 0.1) is 4.90 Å². The minimum absolute atomic E-state index is 0.340. The Kier molecular flexibility index (Phi) is 5.66. The molecule has 0 N–H and O–H groups in total. The molecule has 0 aliphatic carbocycles. The summed E-state index contributed by atoms with van der Waals surface area (Å²) in [6, 6.07) is 6.81. The van der Waals surface area contributed by atoms with Crippen molar-refractivity contribution < 1.29 is 8.42 Å². The standard InChI is InChI=1S/C15H23ClN2O2S/c1-17-9-7-14(8-10-17)12-18(2)21(19,20)15-5-3-13(11-16)4-6-15/h3-6,14H,7-12H2,1-2H3. The lowest BCUT2D eigenvalue weighted by Crippen LogP contribution is -2.37. The Morgan fingerprint density at radius 2 is 1.81 bits per heavy atom. The van der Waals surface area contributed by atoms with Crippen LogP contribution in [0.15, 0.2) is 29.2 Å². The van der Waals surface area contributed by atoms with Crippen LogP contribution in [0.1, 0.15) is 18.4 Å². The van der Waals surface area contributed by atoms with Crippen LogP contribution >= 0.6 is 11.6 Å². The molecule has 1 aromatic rings. The van der Waals surface area contributed by atoms with Gasteiger partial charge in [-0.1, -0.05) is 12.1 Å². The summed E-state index contributed by atoms with van der Waals surface area (Å²) in [6.07, 6.45) is 2.11. The number of alkyl halides is 1. The van der Waals surface area contributed by atoms with E-state index in [1.54, 1.807) is 31.3 Å². The van der Waals surface area contributed by atoms with Crippen LogP contribution in [0.25, 0.3) is 0 Å². The number of hydrogen-bond donors (Lipinski definition) is 0. The molecule has 1 heterocycles. The SMILES string of the molecule is CN1CCC(CN(C)S(=O)(=O)c2ccc(CCl)cc2)CC1. The van der Waals surface area contributed by atoms with Gasteiger partial charge in [-0.3, -0.25) is 0 Å². The maximum atomic E-state index is 12.6. The Hall–Kier alpha value is -0.620. The van der Waals surface area contributed by atoms with Crippen molar-refractivity contribution in [2.45, 2.75) is 23.6 Å². The number of hydrogen-bond acceptors (Lipinski definition) is 3. The Morgan fingerprint density at radius 3 is 2.33 bits per heavy atom. The average molecular weight is 331 g/mol. The molecule has 0 aromatic heterocycles. The van der Waals surface area contributed by atoms with Crippen molar-refractivity contribution in [2.75, 3.05) is 33.7 Å². The molecule has 21 heavy (non-hydrogen) atoms. The van der Waals surface area contributed by atoms with Gasteiger partial charge in [-0.25, -0.2) is 12.7 Å². The quantitative estimate of drug-likeness (QED) is 0.778. The lowest BCUT2D eigenvalue weighted by atomic mass is 9.97. The zero-order valence-corrected chi connectivity index (χ0v) is 14.2. The van der Waals surface area contributed by atoms with Gasteiger partial charge in [0.2, 0.25) is 10.0 Å². The summed E-state index contributed by atoms with van der Waals surface area (Å²) >= 11 is 5.73. The zero-order chi connectivity index (χ0) is 15.5. The third-order valence-electron chi connectivity index (χ3n) is 4.14. The van der Waals surface area contributed by atoms with Crippen molar-refractivity contribution in [3.05, 3.63) is 29.8 Å². The predicted octanol–water partition coefficient (Wildman–Crippen LogP) is 2.39. The van der Waals surface area contributed by atoms with E-state index in [9.17, 15) is 8.42 Å². The number of nitrogens with zero attached hydrogens (tertiary/aromatic N) is 2. The minimum Gasteiger partial charge on any atom is -0.306 e. The van der Waals surface area contributed by atoms with E-state index < -0.39 is 10.0 Å². The molecule has 1 fully saturated rings. The van der Waals surface area contributed by atoms with Crippen molar-refractivity contribution in [1.82, 2.24) is 9.21 Å². The summed E-state index contributed by atoms with van der Waals surface area (Å²) in [5, 5.41) is 0. The second-order valence-electron chi connectivity index (χ2n) is 5.81. The smallest absolute Gasteiger partial charge is 0.242 e. The van der Waals surface area contributed by atoms with Crippen molar-refractivity contribution in [3.63, 3.8) is 0 Å². The number of benzene rings is 1. The van der Waals surface area contributed by atoms with Crippen molar-refractivity contribution in [3.8, 4) is 0 Å². The molecule has 0 amide bonds. The molecule has 1 saturated heterocycles. The highest BCUT2D eigenvalue weighted by molar-refractivity contribution is 7.89. The fraction of sp³-hybridized carbons (Fsp3) is 0.600. The minimum atomic E-state index is -3.40. The molecule has 1 aliphatic heterocycles. The molecule has 1 aromatic carbocycles. The van der Waals surface area contributed by atoms with Crippen molar-refractivity contribution in [2.24, 2.45) is 5.92 Å². The van der Waals surface area contributed by atoms with E-state index in [0.717, 1.165) is 31.5 Å². The lowest BCUT2D eigenvalue weighted by molar-refractivity contribution is 0.202. The number of sulfonamides is 1. The molecule has 0 unspecified atom stereocenters. The lowest BCUT2D eigenvalue weighted by Gasteiger charge is -2.31. The first-order valence-corrected chi connectivity index (χ1v) is 9.20. The molecular weight excluding hydrogens is 308 g/mol. The largest absolute Gasteiger partial charge is 0.306 e. The van der Waals surface area contributed by atoms with Gasteiger partial charge < -0.3 is 4.90 Å². The van der Waals surface area contributed by atoms with Gasteiger partial charge >= 0.3 is 0 Å². The van der Waals surface area contributed by atoms with Crippen LogP contribution in [0.3, 0.4) is 0 Å². The van der Waals surface area contributed by atoms with E-state index in [2.05, 4.69) is 11.9 Å². The Morgan fingerprint density at radius 1 is 1.24 bits per heavy atom. The third kappa shape index (κ3) is 4.19. The molecule has 6 heteroatoms. The van der Waals surface area contributed by atoms with Crippen LogP contribution in [0.4, 0.5) is 0 Å². The molecule has 4 nitrogen and oxygen atoms in total. The van der Waals surface area contributed by atoms with Crippen LogP contribution < -0.4 is 0 Å². The van der Waals surface area contributed by atoms with E-state index in [1.165, 1.54) is 4.31 Å². The van der Waals surface area contributed by atoms with Crippen molar-refractivity contribution >= 4 is 21.6 Å². The molecule has 118 valence electrons. The molecule has 2 rings (SSSR count). The second-order valence-corrected chi connectivity index (χ2v) is 8.12. The predicted molar refractivity (Wildman–Crippen MR) is 86.0 cm³/mol. The third-order valence-corrected chi connectivity index (χ3v) is 6.29. The Labute approximate surface area is 132 Å². The number of likely N-dealkylation sites (tertiary alicyclic amines) is 1. The maximum Gasteiger partial charge on any atom is 0.242 e. The van der Waals surface area contributed by atoms with Crippen LogP contribution in [-0.4, -0.2) is 51.4 Å². The molecule has 0 spiro atoms. The van der Waals surface area contributed by atoms with Gasteiger partial charge in [-0.2, -0.15) is 0 Å². The summed E-state index contributed by atoms with van der Waals surface area (Å²) in [6.45, 7) is 2.68. The molecule has 0 radical (unpaired) electrons. The van der Waals surface area contributed by atoms with E-state index >= 15 is 0 Å². The van der Waals surface area contributed by atoms with Gasteiger partial charge in [0.25, 0.3) is 0 Å². The summed E-state index contributed by atoms with van der Waals surface area (Å²) in [5.74, 6) is 0.842. The molecule has 1 aliphatic rings. The van der Waals surface area contributed by atoms with Crippen LogP contribution in [0, 0.1) is 5.92 Å². The fourth-order valence-electron chi connectivity index (χ4n) is 2.64. The Balaban J connectivity index is 2.03. The van der Waals surface area contributed by atoms with Gasteiger partial charge in [0.1, 0.15) is 0 Å². The van der Waals surface area contributed by atoms with Gasteiger partial charge in [-0.05, 0) is 56.6 Å². The normalized spacial score (nSPS) is 18.3. The molecule has 0 saturated carbocycles. The van der Waals surface area contributed by atoms with E-state index in [-0.39, 0.29) is 0 Å².